The largest absolute Gasteiger partial charge is 0.369 e. The number of benzene rings is 2. The third-order valence-electron chi connectivity index (χ3n) is 4.76. The minimum absolute atomic E-state index is 0.0685. The van der Waals surface area contributed by atoms with Crippen LogP contribution >= 0.6 is 11.6 Å². The summed E-state index contributed by atoms with van der Waals surface area (Å²) in [5, 5.41) is 14.2. The summed E-state index contributed by atoms with van der Waals surface area (Å²) in [5.41, 5.74) is 1.73. The number of nitro groups is 1. The van der Waals surface area contributed by atoms with Crippen LogP contribution in [0.5, 0.6) is 0 Å². The fourth-order valence-electron chi connectivity index (χ4n) is 3.13. The van der Waals surface area contributed by atoms with Gasteiger partial charge in [-0.05, 0) is 37.3 Å². The molecule has 27 heavy (non-hydrogen) atoms. The number of nitrogens with one attached hydrogen (secondary N) is 1. The summed E-state index contributed by atoms with van der Waals surface area (Å²) in [7, 11) is 0. The summed E-state index contributed by atoms with van der Waals surface area (Å²) in [6.45, 7) is 4.88. The molecule has 3 rings (SSSR count). The lowest BCUT2D eigenvalue weighted by molar-refractivity contribution is -0.384. The number of hydrogen-bond acceptors (Lipinski definition) is 5. The van der Waals surface area contributed by atoms with Crippen LogP contribution in [-0.4, -0.2) is 48.0 Å². The molecule has 1 aliphatic heterocycles. The van der Waals surface area contributed by atoms with Crippen molar-refractivity contribution < 1.29 is 9.72 Å². The van der Waals surface area contributed by atoms with Crippen LogP contribution in [0.15, 0.2) is 48.5 Å². The second-order valence-corrected chi connectivity index (χ2v) is 6.91. The van der Waals surface area contributed by atoms with E-state index in [1.165, 1.54) is 12.1 Å². The standard InChI is InChI=1S/C19H21ClN4O3/c1-14(19(25)21-16-4-2-3-15(20)13-16)22-9-11-23(12-10-22)17-5-7-18(8-6-17)24(26)27/h2-8,13-14H,9-12H2,1H3,(H,21,25). The van der Waals surface area contributed by atoms with Gasteiger partial charge in [-0.1, -0.05) is 17.7 Å². The molecule has 0 saturated carbocycles. The summed E-state index contributed by atoms with van der Waals surface area (Å²) >= 11 is 5.95. The van der Waals surface area contributed by atoms with Crippen molar-refractivity contribution in [3.63, 3.8) is 0 Å². The summed E-state index contributed by atoms with van der Waals surface area (Å²) in [5.74, 6) is -0.0685. The molecule has 1 atom stereocenters. The van der Waals surface area contributed by atoms with Crippen molar-refractivity contribution in [2.45, 2.75) is 13.0 Å². The number of carbonyl (C=O) groups is 1. The van der Waals surface area contributed by atoms with Crippen LogP contribution in [0, 0.1) is 10.1 Å². The van der Waals surface area contributed by atoms with Gasteiger partial charge in [-0.2, -0.15) is 0 Å². The maximum Gasteiger partial charge on any atom is 0.269 e. The third kappa shape index (κ3) is 4.75. The van der Waals surface area contributed by atoms with Gasteiger partial charge in [0.05, 0.1) is 11.0 Å². The summed E-state index contributed by atoms with van der Waals surface area (Å²) < 4.78 is 0. The highest BCUT2D eigenvalue weighted by Crippen LogP contribution is 2.21. The first-order chi connectivity index (χ1) is 12.9. The Morgan fingerprint density at radius 1 is 1.15 bits per heavy atom. The van der Waals surface area contributed by atoms with Gasteiger partial charge in [0.15, 0.2) is 0 Å². The number of piperazine rings is 1. The molecule has 1 aliphatic rings. The maximum absolute atomic E-state index is 12.5. The van der Waals surface area contributed by atoms with E-state index in [0.29, 0.717) is 10.7 Å². The van der Waals surface area contributed by atoms with E-state index in [9.17, 15) is 14.9 Å². The number of anilines is 2. The second kappa shape index (κ2) is 8.37. The third-order valence-corrected chi connectivity index (χ3v) is 4.99. The molecule has 1 unspecified atom stereocenters. The molecular weight excluding hydrogens is 368 g/mol. The lowest BCUT2D eigenvalue weighted by Crippen LogP contribution is -2.52. The van der Waals surface area contributed by atoms with Crippen molar-refractivity contribution in [3.8, 4) is 0 Å². The average molecular weight is 389 g/mol. The molecule has 0 radical (unpaired) electrons. The topological polar surface area (TPSA) is 78.7 Å². The van der Waals surface area contributed by atoms with E-state index in [1.54, 1.807) is 30.3 Å². The molecular formula is C19H21ClN4O3. The van der Waals surface area contributed by atoms with Crippen LogP contribution in [-0.2, 0) is 4.79 Å². The number of halogens is 1. The molecule has 2 aromatic rings. The predicted molar refractivity (Wildman–Crippen MR) is 106 cm³/mol. The van der Waals surface area contributed by atoms with E-state index < -0.39 is 4.92 Å². The van der Waals surface area contributed by atoms with Crippen molar-refractivity contribution in [3.05, 3.63) is 63.7 Å². The summed E-state index contributed by atoms with van der Waals surface area (Å²) in [6.07, 6.45) is 0. The number of nitrogens with zero attached hydrogens (tertiary/aromatic N) is 3. The Morgan fingerprint density at radius 3 is 2.41 bits per heavy atom. The molecule has 7 nitrogen and oxygen atoms in total. The molecule has 0 bridgehead atoms. The van der Waals surface area contributed by atoms with Crippen LogP contribution in [0.2, 0.25) is 5.02 Å². The van der Waals surface area contributed by atoms with E-state index >= 15 is 0 Å². The van der Waals surface area contributed by atoms with Gasteiger partial charge in [0.2, 0.25) is 5.91 Å². The Morgan fingerprint density at radius 2 is 1.81 bits per heavy atom. The smallest absolute Gasteiger partial charge is 0.269 e. The fraction of sp³-hybridized carbons (Fsp3) is 0.316. The van der Waals surface area contributed by atoms with Gasteiger partial charge in [0.1, 0.15) is 0 Å². The van der Waals surface area contributed by atoms with Gasteiger partial charge < -0.3 is 10.2 Å². The molecule has 1 heterocycles. The van der Waals surface area contributed by atoms with E-state index in [4.69, 9.17) is 11.6 Å². The number of non-ortho nitro benzene ring substituents is 1. The molecule has 8 heteroatoms. The van der Waals surface area contributed by atoms with Gasteiger partial charge in [0.25, 0.3) is 5.69 Å². The normalized spacial score (nSPS) is 16.0. The predicted octanol–water partition coefficient (Wildman–Crippen LogP) is 3.40. The number of rotatable bonds is 5. The molecule has 0 aliphatic carbocycles. The van der Waals surface area contributed by atoms with Gasteiger partial charge in [-0.25, -0.2) is 0 Å². The first-order valence-corrected chi connectivity index (χ1v) is 9.12. The number of carbonyl (C=O) groups excluding carboxylic acids is 1. The maximum atomic E-state index is 12.5. The number of amides is 1. The lowest BCUT2D eigenvalue weighted by Gasteiger charge is -2.38. The zero-order valence-electron chi connectivity index (χ0n) is 15.0. The average Bonchev–Trinajstić information content (AvgIpc) is 2.67. The van der Waals surface area contributed by atoms with Crippen molar-refractivity contribution in [1.29, 1.82) is 0 Å². The first-order valence-electron chi connectivity index (χ1n) is 8.74. The molecule has 2 aromatic carbocycles. The Hall–Kier alpha value is -2.64. The minimum atomic E-state index is -0.401. The quantitative estimate of drug-likeness (QED) is 0.627. The van der Waals surface area contributed by atoms with E-state index in [0.717, 1.165) is 31.9 Å². The summed E-state index contributed by atoms with van der Waals surface area (Å²) in [6, 6.07) is 13.4. The highest BCUT2D eigenvalue weighted by molar-refractivity contribution is 6.30. The van der Waals surface area contributed by atoms with Crippen molar-refractivity contribution in [2.24, 2.45) is 0 Å². The molecule has 0 aromatic heterocycles. The van der Waals surface area contributed by atoms with Crippen molar-refractivity contribution >= 4 is 34.6 Å². The molecule has 0 spiro atoms. The number of hydrogen-bond donors (Lipinski definition) is 1. The highest BCUT2D eigenvalue weighted by Gasteiger charge is 2.26. The van der Waals surface area contributed by atoms with E-state index in [1.807, 2.05) is 13.0 Å². The SMILES string of the molecule is CC(C(=O)Nc1cccc(Cl)c1)N1CCN(c2ccc([N+](=O)[O-])cc2)CC1. The first kappa shape index (κ1) is 19.1. The van der Waals surface area contributed by atoms with E-state index in [2.05, 4.69) is 15.1 Å². The Bertz CT molecular complexity index is 820. The van der Waals surface area contributed by atoms with Gasteiger partial charge in [-0.3, -0.25) is 19.8 Å². The fourth-order valence-corrected chi connectivity index (χ4v) is 3.32. The van der Waals surface area contributed by atoms with Crippen LogP contribution < -0.4 is 10.2 Å². The zero-order chi connectivity index (χ0) is 19.4. The monoisotopic (exact) mass is 388 g/mol. The Kier molecular flexibility index (Phi) is 5.93. The molecule has 142 valence electrons. The van der Waals surface area contributed by atoms with Gasteiger partial charge in [-0.15, -0.1) is 0 Å². The highest BCUT2D eigenvalue weighted by atomic mass is 35.5. The Labute approximate surface area is 162 Å². The molecule has 1 fully saturated rings. The molecule has 1 N–H and O–H groups in total. The zero-order valence-corrected chi connectivity index (χ0v) is 15.7. The number of nitro benzene ring substituents is 1. The lowest BCUT2D eigenvalue weighted by atomic mass is 10.2. The van der Waals surface area contributed by atoms with Crippen molar-refractivity contribution in [1.82, 2.24) is 4.90 Å². The van der Waals surface area contributed by atoms with E-state index in [-0.39, 0.29) is 17.6 Å². The second-order valence-electron chi connectivity index (χ2n) is 6.47. The minimum Gasteiger partial charge on any atom is -0.369 e. The van der Waals surface area contributed by atoms with Crippen LogP contribution in [0.4, 0.5) is 17.1 Å². The van der Waals surface area contributed by atoms with Gasteiger partial charge in [0, 0.05) is 54.7 Å². The van der Waals surface area contributed by atoms with Crippen LogP contribution in [0.3, 0.4) is 0 Å². The van der Waals surface area contributed by atoms with Crippen LogP contribution in [0.1, 0.15) is 6.92 Å². The molecule has 1 saturated heterocycles. The van der Waals surface area contributed by atoms with Gasteiger partial charge >= 0.3 is 0 Å². The summed E-state index contributed by atoms with van der Waals surface area (Å²) in [4.78, 5) is 27.2. The molecule has 1 amide bonds. The Balaban J connectivity index is 1.54. The van der Waals surface area contributed by atoms with Crippen molar-refractivity contribution in [2.75, 3.05) is 36.4 Å². The van der Waals surface area contributed by atoms with Crippen LogP contribution in [0.25, 0.3) is 0 Å².